The van der Waals surface area contributed by atoms with Gasteiger partial charge in [-0.3, -0.25) is 9.59 Å². The number of sulfonamides is 1. The maximum atomic E-state index is 12.5. The molecule has 1 aromatic heterocycles. The van der Waals surface area contributed by atoms with Gasteiger partial charge in [-0.15, -0.1) is 0 Å². The highest BCUT2D eigenvalue weighted by Gasteiger charge is 2.22. The molecule has 0 aliphatic carbocycles. The van der Waals surface area contributed by atoms with Crippen molar-refractivity contribution in [1.82, 2.24) is 14.2 Å². The standard InChI is InChI=1S/C15H25N3O6S2/c1-4-18(5-2)26(23,24)13-7-8-15(20)17(11-13)12-14(19)16-9-10-25(21,22)6-3/h7-8,11H,4-6,9-10,12H2,1-3H3,(H,16,19). The third kappa shape index (κ3) is 5.92. The molecule has 26 heavy (non-hydrogen) atoms. The van der Waals surface area contributed by atoms with Crippen LogP contribution in [0, 0.1) is 0 Å². The minimum absolute atomic E-state index is 0.0202. The van der Waals surface area contributed by atoms with Crippen LogP contribution in [0.4, 0.5) is 0 Å². The van der Waals surface area contributed by atoms with Crippen molar-refractivity contribution in [2.75, 3.05) is 31.1 Å². The number of amides is 1. The highest BCUT2D eigenvalue weighted by atomic mass is 32.2. The number of hydrogen-bond donors (Lipinski definition) is 1. The van der Waals surface area contributed by atoms with Crippen molar-refractivity contribution in [3.8, 4) is 0 Å². The van der Waals surface area contributed by atoms with Gasteiger partial charge in [0.15, 0.2) is 9.84 Å². The van der Waals surface area contributed by atoms with E-state index in [4.69, 9.17) is 0 Å². The highest BCUT2D eigenvalue weighted by molar-refractivity contribution is 7.91. The lowest BCUT2D eigenvalue weighted by Crippen LogP contribution is -2.36. The highest BCUT2D eigenvalue weighted by Crippen LogP contribution is 2.13. The van der Waals surface area contributed by atoms with Crippen LogP contribution in [-0.2, 0) is 31.2 Å². The van der Waals surface area contributed by atoms with E-state index >= 15 is 0 Å². The molecule has 148 valence electrons. The van der Waals surface area contributed by atoms with E-state index < -0.39 is 37.9 Å². The molecule has 1 heterocycles. The molecule has 1 aromatic rings. The van der Waals surface area contributed by atoms with Gasteiger partial charge < -0.3 is 9.88 Å². The molecule has 0 radical (unpaired) electrons. The van der Waals surface area contributed by atoms with Gasteiger partial charge in [-0.2, -0.15) is 4.31 Å². The van der Waals surface area contributed by atoms with E-state index in [1.165, 1.54) is 17.3 Å². The Morgan fingerprint density at radius 3 is 2.27 bits per heavy atom. The average Bonchev–Trinajstić information content (AvgIpc) is 2.57. The van der Waals surface area contributed by atoms with Crippen LogP contribution in [0.3, 0.4) is 0 Å². The Labute approximate surface area is 154 Å². The normalized spacial score (nSPS) is 12.3. The number of nitrogens with one attached hydrogen (secondary N) is 1. The minimum Gasteiger partial charge on any atom is -0.354 e. The van der Waals surface area contributed by atoms with Crippen LogP contribution < -0.4 is 10.9 Å². The van der Waals surface area contributed by atoms with Crippen molar-refractivity contribution in [3.05, 3.63) is 28.7 Å². The summed E-state index contributed by atoms with van der Waals surface area (Å²) in [6, 6.07) is 2.30. The number of aromatic nitrogens is 1. The van der Waals surface area contributed by atoms with Crippen LogP contribution >= 0.6 is 0 Å². The summed E-state index contributed by atoms with van der Waals surface area (Å²) in [5.41, 5.74) is -0.528. The van der Waals surface area contributed by atoms with Gasteiger partial charge in [-0.1, -0.05) is 20.8 Å². The Hall–Kier alpha value is -1.72. The molecular formula is C15H25N3O6S2. The number of hydrogen-bond acceptors (Lipinski definition) is 6. The molecule has 0 spiro atoms. The second-order valence-electron chi connectivity index (χ2n) is 5.51. The third-order valence-corrected chi connectivity index (χ3v) is 7.53. The van der Waals surface area contributed by atoms with E-state index in [1.54, 1.807) is 13.8 Å². The summed E-state index contributed by atoms with van der Waals surface area (Å²) >= 11 is 0. The van der Waals surface area contributed by atoms with Crippen LogP contribution in [0.25, 0.3) is 0 Å². The number of nitrogens with zero attached hydrogens (tertiary/aromatic N) is 2. The predicted molar refractivity (Wildman–Crippen MR) is 98.1 cm³/mol. The second kappa shape index (κ2) is 9.28. The lowest BCUT2D eigenvalue weighted by molar-refractivity contribution is -0.121. The fourth-order valence-electron chi connectivity index (χ4n) is 2.20. The first-order valence-corrected chi connectivity index (χ1v) is 11.5. The molecule has 0 aromatic carbocycles. The molecule has 0 fully saturated rings. The SMILES string of the molecule is CCN(CC)S(=O)(=O)c1ccc(=O)n(CC(=O)NCCS(=O)(=O)CC)c1. The molecule has 0 aliphatic rings. The Bertz CT molecular complexity index is 886. The zero-order valence-electron chi connectivity index (χ0n) is 15.1. The van der Waals surface area contributed by atoms with Gasteiger partial charge in [-0.05, 0) is 6.07 Å². The summed E-state index contributed by atoms with van der Waals surface area (Å²) < 4.78 is 50.0. The summed E-state index contributed by atoms with van der Waals surface area (Å²) in [7, 11) is -6.96. The molecule has 11 heteroatoms. The van der Waals surface area contributed by atoms with E-state index in [-0.39, 0.29) is 36.0 Å². The van der Waals surface area contributed by atoms with Crippen molar-refractivity contribution < 1.29 is 21.6 Å². The summed E-state index contributed by atoms with van der Waals surface area (Å²) in [4.78, 5) is 23.7. The molecule has 9 nitrogen and oxygen atoms in total. The van der Waals surface area contributed by atoms with Crippen LogP contribution in [0.15, 0.2) is 28.0 Å². The van der Waals surface area contributed by atoms with E-state index in [0.29, 0.717) is 0 Å². The van der Waals surface area contributed by atoms with E-state index in [0.717, 1.165) is 16.8 Å². The first-order chi connectivity index (χ1) is 12.1. The van der Waals surface area contributed by atoms with Crippen molar-refractivity contribution in [1.29, 1.82) is 0 Å². The number of carbonyl (C=O) groups is 1. The van der Waals surface area contributed by atoms with E-state index in [2.05, 4.69) is 5.32 Å². The van der Waals surface area contributed by atoms with Gasteiger partial charge in [0.1, 0.15) is 6.54 Å². The predicted octanol–water partition coefficient (Wildman–Crippen LogP) is -0.570. The molecular weight excluding hydrogens is 382 g/mol. The van der Waals surface area contributed by atoms with Gasteiger partial charge in [0.25, 0.3) is 5.56 Å². The molecule has 0 saturated heterocycles. The largest absolute Gasteiger partial charge is 0.354 e. The first-order valence-electron chi connectivity index (χ1n) is 8.25. The summed E-state index contributed by atoms with van der Waals surface area (Å²) in [5.74, 6) is -0.788. The van der Waals surface area contributed by atoms with Crippen molar-refractivity contribution in [3.63, 3.8) is 0 Å². The molecule has 0 aliphatic heterocycles. The fraction of sp³-hybridized carbons (Fsp3) is 0.600. The molecule has 1 rings (SSSR count). The molecule has 0 saturated carbocycles. The number of sulfone groups is 1. The van der Waals surface area contributed by atoms with Gasteiger partial charge in [-0.25, -0.2) is 16.8 Å². The topological polar surface area (TPSA) is 123 Å². The van der Waals surface area contributed by atoms with E-state index in [1.807, 2.05) is 0 Å². The maximum Gasteiger partial charge on any atom is 0.251 e. The molecule has 0 atom stereocenters. The Kier molecular flexibility index (Phi) is 7.97. The van der Waals surface area contributed by atoms with Gasteiger partial charge in [0.05, 0.1) is 10.6 Å². The van der Waals surface area contributed by atoms with Gasteiger partial charge in [0.2, 0.25) is 15.9 Å². The quantitative estimate of drug-likeness (QED) is 0.554. The number of pyridine rings is 1. The minimum atomic E-state index is -3.75. The van der Waals surface area contributed by atoms with Crippen molar-refractivity contribution in [2.45, 2.75) is 32.2 Å². The molecule has 0 unspecified atom stereocenters. The van der Waals surface area contributed by atoms with Gasteiger partial charge >= 0.3 is 0 Å². The van der Waals surface area contributed by atoms with Crippen molar-refractivity contribution >= 4 is 25.8 Å². The average molecular weight is 408 g/mol. The van der Waals surface area contributed by atoms with Crippen LogP contribution in [0.5, 0.6) is 0 Å². The lowest BCUT2D eigenvalue weighted by Gasteiger charge is -2.19. The zero-order valence-corrected chi connectivity index (χ0v) is 16.8. The van der Waals surface area contributed by atoms with Crippen LogP contribution in [0.2, 0.25) is 0 Å². The van der Waals surface area contributed by atoms with E-state index in [9.17, 15) is 26.4 Å². The Morgan fingerprint density at radius 2 is 1.73 bits per heavy atom. The van der Waals surface area contributed by atoms with Crippen molar-refractivity contribution in [2.24, 2.45) is 0 Å². The Balaban J connectivity index is 2.92. The molecule has 1 N–H and O–H groups in total. The lowest BCUT2D eigenvalue weighted by atomic mass is 10.4. The molecule has 1 amide bonds. The monoisotopic (exact) mass is 407 g/mol. The number of carbonyl (C=O) groups excluding carboxylic acids is 1. The fourth-order valence-corrected chi connectivity index (χ4v) is 4.38. The first kappa shape index (κ1) is 22.3. The zero-order chi connectivity index (χ0) is 20.0. The molecule has 0 bridgehead atoms. The number of rotatable bonds is 10. The summed E-state index contributed by atoms with van der Waals surface area (Å²) in [5, 5.41) is 2.41. The van der Waals surface area contributed by atoms with Crippen LogP contribution in [0.1, 0.15) is 20.8 Å². The maximum absolute atomic E-state index is 12.5. The van der Waals surface area contributed by atoms with Crippen LogP contribution in [-0.4, -0.2) is 62.8 Å². The smallest absolute Gasteiger partial charge is 0.251 e. The van der Waals surface area contributed by atoms with Gasteiger partial charge in [0, 0.05) is 37.7 Å². The summed E-state index contributed by atoms with van der Waals surface area (Å²) in [6.45, 7) is 5.02. The Morgan fingerprint density at radius 1 is 1.12 bits per heavy atom. The summed E-state index contributed by atoms with van der Waals surface area (Å²) in [6.07, 6.45) is 1.12. The second-order valence-corrected chi connectivity index (χ2v) is 9.92. The third-order valence-electron chi connectivity index (χ3n) is 3.79.